The van der Waals surface area contributed by atoms with Crippen molar-refractivity contribution in [1.29, 1.82) is 0 Å². The van der Waals surface area contributed by atoms with Crippen LogP contribution >= 0.6 is 0 Å². The fraction of sp³-hybridized carbons (Fsp3) is 0.462. The lowest BCUT2D eigenvalue weighted by atomic mass is 10.1. The van der Waals surface area contributed by atoms with Crippen LogP contribution in [0.15, 0.2) is 18.2 Å². The molecule has 112 valence electrons. The number of alkyl halides is 3. The Labute approximate surface area is 113 Å². The van der Waals surface area contributed by atoms with Gasteiger partial charge in [-0.15, -0.1) is 0 Å². The Balaban J connectivity index is 2.84. The summed E-state index contributed by atoms with van der Waals surface area (Å²) >= 11 is 0. The molecule has 1 N–H and O–H groups in total. The van der Waals surface area contributed by atoms with Gasteiger partial charge in [0.25, 0.3) is 5.91 Å². The van der Waals surface area contributed by atoms with E-state index in [0.717, 1.165) is 6.07 Å². The number of benzene rings is 1. The standard InChI is InChI=1S/C13H15F4NO2/c1-8(5-6-20-2)18-12(19)9-3-4-11(14)10(7-9)13(15,16)17/h3-4,7-8H,5-6H2,1-2H3,(H,18,19). The Bertz CT molecular complexity index is 474. The van der Waals surface area contributed by atoms with Gasteiger partial charge in [0.15, 0.2) is 0 Å². The van der Waals surface area contributed by atoms with Crippen LogP contribution in [0.1, 0.15) is 29.3 Å². The van der Waals surface area contributed by atoms with Crippen LogP contribution < -0.4 is 5.32 Å². The zero-order valence-electron chi connectivity index (χ0n) is 11.1. The predicted molar refractivity (Wildman–Crippen MR) is 64.8 cm³/mol. The van der Waals surface area contributed by atoms with Crippen LogP contribution in [0.3, 0.4) is 0 Å². The summed E-state index contributed by atoms with van der Waals surface area (Å²) in [5, 5.41) is 2.52. The molecule has 3 nitrogen and oxygen atoms in total. The van der Waals surface area contributed by atoms with Crippen LogP contribution in [-0.2, 0) is 10.9 Å². The molecular formula is C13H15F4NO2. The molecule has 0 aliphatic carbocycles. The van der Waals surface area contributed by atoms with Gasteiger partial charge < -0.3 is 10.1 Å². The summed E-state index contributed by atoms with van der Waals surface area (Å²) in [7, 11) is 1.50. The van der Waals surface area contributed by atoms with Gasteiger partial charge in [-0.3, -0.25) is 4.79 Å². The molecule has 0 saturated heterocycles. The number of halogens is 4. The Morgan fingerprint density at radius 2 is 2.05 bits per heavy atom. The zero-order valence-corrected chi connectivity index (χ0v) is 11.1. The lowest BCUT2D eigenvalue weighted by Crippen LogP contribution is -2.33. The number of hydrogen-bond donors (Lipinski definition) is 1. The van der Waals surface area contributed by atoms with Crippen molar-refractivity contribution in [3.05, 3.63) is 35.1 Å². The minimum atomic E-state index is -4.83. The molecule has 0 aliphatic rings. The summed E-state index contributed by atoms with van der Waals surface area (Å²) in [5.74, 6) is -2.08. The molecule has 7 heteroatoms. The first-order valence-electron chi connectivity index (χ1n) is 5.92. The van der Waals surface area contributed by atoms with Gasteiger partial charge in [-0.1, -0.05) is 0 Å². The van der Waals surface area contributed by atoms with Crippen molar-refractivity contribution in [3.8, 4) is 0 Å². The largest absolute Gasteiger partial charge is 0.419 e. The maximum atomic E-state index is 13.1. The molecule has 0 spiro atoms. The highest BCUT2D eigenvalue weighted by atomic mass is 19.4. The highest BCUT2D eigenvalue weighted by Crippen LogP contribution is 2.31. The highest BCUT2D eigenvalue weighted by Gasteiger charge is 2.34. The van der Waals surface area contributed by atoms with E-state index in [1.165, 1.54) is 7.11 Å². The number of ether oxygens (including phenoxy) is 1. The van der Waals surface area contributed by atoms with Gasteiger partial charge in [0.1, 0.15) is 5.82 Å². The number of nitrogens with one attached hydrogen (secondary N) is 1. The molecule has 20 heavy (non-hydrogen) atoms. The van der Waals surface area contributed by atoms with Crippen molar-refractivity contribution in [1.82, 2.24) is 5.32 Å². The van der Waals surface area contributed by atoms with Gasteiger partial charge in [-0.25, -0.2) is 4.39 Å². The van der Waals surface area contributed by atoms with Gasteiger partial charge in [0.2, 0.25) is 0 Å². The molecule has 1 amide bonds. The van der Waals surface area contributed by atoms with E-state index in [1.807, 2.05) is 0 Å². The molecule has 0 fully saturated rings. The third-order valence-corrected chi connectivity index (χ3v) is 2.67. The molecule has 0 aliphatic heterocycles. The Kier molecular flexibility index (Phi) is 5.50. The third kappa shape index (κ3) is 4.48. The minimum Gasteiger partial charge on any atom is -0.385 e. The molecule has 0 saturated carbocycles. The number of methoxy groups -OCH3 is 1. The summed E-state index contributed by atoms with van der Waals surface area (Å²) in [5.41, 5.74) is -1.68. The second kappa shape index (κ2) is 6.69. The van der Waals surface area contributed by atoms with Crippen molar-refractivity contribution >= 4 is 5.91 Å². The summed E-state index contributed by atoms with van der Waals surface area (Å²) in [4.78, 5) is 11.8. The van der Waals surface area contributed by atoms with Crippen LogP contribution in [0.25, 0.3) is 0 Å². The molecule has 0 radical (unpaired) electrons. The molecule has 1 unspecified atom stereocenters. The molecular weight excluding hydrogens is 278 g/mol. The maximum Gasteiger partial charge on any atom is 0.419 e. The summed E-state index contributed by atoms with van der Waals surface area (Å²) in [6.07, 6.45) is -4.31. The van der Waals surface area contributed by atoms with Gasteiger partial charge in [-0.2, -0.15) is 13.2 Å². The van der Waals surface area contributed by atoms with E-state index in [2.05, 4.69) is 5.32 Å². The summed E-state index contributed by atoms with van der Waals surface area (Å²) < 4.78 is 55.5. The van der Waals surface area contributed by atoms with E-state index in [9.17, 15) is 22.4 Å². The zero-order chi connectivity index (χ0) is 15.3. The van der Waals surface area contributed by atoms with E-state index >= 15 is 0 Å². The van der Waals surface area contributed by atoms with Crippen LogP contribution in [0.2, 0.25) is 0 Å². The second-order valence-electron chi connectivity index (χ2n) is 4.35. The van der Waals surface area contributed by atoms with Crippen molar-refractivity contribution < 1.29 is 27.1 Å². The summed E-state index contributed by atoms with van der Waals surface area (Å²) in [6, 6.07) is 1.90. The predicted octanol–water partition coefficient (Wildman–Crippen LogP) is 3.00. The van der Waals surface area contributed by atoms with Crippen molar-refractivity contribution in [2.45, 2.75) is 25.6 Å². The lowest BCUT2D eigenvalue weighted by Gasteiger charge is -2.14. The summed E-state index contributed by atoms with van der Waals surface area (Å²) in [6.45, 7) is 2.11. The SMILES string of the molecule is COCCC(C)NC(=O)c1ccc(F)c(C(F)(F)F)c1. The van der Waals surface area contributed by atoms with Crippen molar-refractivity contribution in [3.63, 3.8) is 0 Å². The molecule has 1 aromatic carbocycles. The fourth-order valence-electron chi connectivity index (χ4n) is 1.56. The molecule has 1 rings (SSSR count). The Hall–Kier alpha value is -1.63. The number of rotatable bonds is 5. The monoisotopic (exact) mass is 293 g/mol. The van der Waals surface area contributed by atoms with Crippen LogP contribution in [-0.4, -0.2) is 25.7 Å². The second-order valence-corrected chi connectivity index (χ2v) is 4.35. The molecule has 0 bridgehead atoms. The normalized spacial score (nSPS) is 13.1. The molecule has 0 heterocycles. The van der Waals surface area contributed by atoms with Crippen molar-refractivity contribution in [2.24, 2.45) is 0 Å². The first-order valence-corrected chi connectivity index (χ1v) is 5.92. The number of hydrogen-bond acceptors (Lipinski definition) is 2. The number of carbonyl (C=O) groups is 1. The number of amides is 1. The van der Waals surface area contributed by atoms with E-state index in [-0.39, 0.29) is 11.6 Å². The van der Waals surface area contributed by atoms with Crippen LogP contribution in [0.4, 0.5) is 17.6 Å². The molecule has 1 aromatic rings. The van der Waals surface area contributed by atoms with Gasteiger partial charge in [-0.05, 0) is 31.5 Å². The lowest BCUT2D eigenvalue weighted by molar-refractivity contribution is -0.140. The fourth-order valence-corrected chi connectivity index (χ4v) is 1.56. The topological polar surface area (TPSA) is 38.3 Å². The van der Waals surface area contributed by atoms with E-state index in [0.29, 0.717) is 25.2 Å². The van der Waals surface area contributed by atoms with Gasteiger partial charge in [0, 0.05) is 25.3 Å². The number of carbonyl (C=O) groups excluding carboxylic acids is 1. The average Bonchev–Trinajstić information content (AvgIpc) is 2.35. The molecule has 1 atom stereocenters. The quantitative estimate of drug-likeness (QED) is 0.848. The van der Waals surface area contributed by atoms with Gasteiger partial charge in [0.05, 0.1) is 5.56 Å². The first kappa shape index (κ1) is 16.4. The van der Waals surface area contributed by atoms with Crippen molar-refractivity contribution in [2.75, 3.05) is 13.7 Å². The van der Waals surface area contributed by atoms with E-state index in [4.69, 9.17) is 4.74 Å². The van der Waals surface area contributed by atoms with Gasteiger partial charge >= 0.3 is 6.18 Å². The minimum absolute atomic E-state index is 0.233. The highest BCUT2D eigenvalue weighted by molar-refractivity contribution is 5.94. The van der Waals surface area contributed by atoms with E-state index in [1.54, 1.807) is 6.92 Å². The van der Waals surface area contributed by atoms with Crippen LogP contribution in [0.5, 0.6) is 0 Å². The van der Waals surface area contributed by atoms with Crippen LogP contribution in [0, 0.1) is 5.82 Å². The first-order chi connectivity index (χ1) is 9.25. The van der Waals surface area contributed by atoms with E-state index < -0.39 is 23.5 Å². The Morgan fingerprint density at radius 1 is 1.40 bits per heavy atom. The molecule has 0 aromatic heterocycles. The maximum absolute atomic E-state index is 13.1. The third-order valence-electron chi connectivity index (χ3n) is 2.67. The smallest absolute Gasteiger partial charge is 0.385 e. The average molecular weight is 293 g/mol. The Morgan fingerprint density at radius 3 is 2.60 bits per heavy atom.